The quantitative estimate of drug-likeness (QED) is 0.677. The van der Waals surface area contributed by atoms with Crippen LogP contribution in [0.4, 0.5) is 10.2 Å². The van der Waals surface area contributed by atoms with Crippen molar-refractivity contribution in [3.05, 3.63) is 35.8 Å². The summed E-state index contributed by atoms with van der Waals surface area (Å²) in [7, 11) is 0. The lowest BCUT2D eigenvalue weighted by atomic mass is 10.0. The predicted molar refractivity (Wildman–Crippen MR) is 59.3 cm³/mol. The van der Waals surface area contributed by atoms with Crippen molar-refractivity contribution in [3.63, 3.8) is 0 Å². The van der Waals surface area contributed by atoms with Gasteiger partial charge in [0.25, 0.3) is 0 Å². The second-order valence-corrected chi connectivity index (χ2v) is 3.75. The van der Waals surface area contributed by atoms with Crippen LogP contribution in [0.15, 0.2) is 30.0 Å². The minimum atomic E-state index is -0.261. The monoisotopic (exact) mass is 217 g/mol. The molecule has 0 spiro atoms. The van der Waals surface area contributed by atoms with Gasteiger partial charge in [-0.2, -0.15) is 5.26 Å². The van der Waals surface area contributed by atoms with E-state index in [0.717, 1.165) is 31.5 Å². The highest BCUT2D eigenvalue weighted by Gasteiger charge is 2.15. The van der Waals surface area contributed by atoms with E-state index in [4.69, 9.17) is 5.26 Å². The molecule has 1 aliphatic rings. The molecular weight excluding hydrogens is 205 g/mol. The van der Waals surface area contributed by atoms with Crippen LogP contribution >= 0.6 is 0 Å². The molecule has 2 rings (SSSR count). The van der Waals surface area contributed by atoms with Gasteiger partial charge in [0.15, 0.2) is 0 Å². The molecule has 1 saturated heterocycles. The molecule has 0 aliphatic carbocycles. The van der Waals surface area contributed by atoms with Crippen molar-refractivity contribution in [2.45, 2.75) is 12.8 Å². The lowest BCUT2D eigenvalue weighted by Gasteiger charge is -2.29. The van der Waals surface area contributed by atoms with Crippen molar-refractivity contribution in [1.29, 1.82) is 5.26 Å². The Hall–Kier alpha value is -1.89. The maximum absolute atomic E-state index is 13.0. The number of piperidine rings is 1. The van der Waals surface area contributed by atoms with Crippen LogP contribution in [0.5, 0.6) is 0 Å². The van der Waals surface area contributed by atoms with Crippen molar-refractivity contribution in [2.75, 3.05) is 18.0 Å². The second-order valence-electron chi connectivity index (χ2n) is 3.75. The number of hydrogen-bond donors (Lipinski definition) is 0. The molecule has 3 nitrogen and oxygen atoms in total. The number of halogens is 1. The van der Waals surface area contributed by atoms with E-state index in [-0.39, 0.29) is 5.82 Å². The average Bonchev–Trinajstić information content (AvgIpc) is 2.30. The van der Waals surface area contributed by atoms with Gasteiger partial charge in [0.1, 0.15) is 11.6 Å². The predicted octanol–water partition coefficient (Wildman–Crippen LogP) is 2.27. The Morgan fingerprint density at radius 3 is 2.81 bits per heavy atom. The van der Waals surface area contributed by atoms with Gasteiger partial charge in [-0.25, -0.2) is 9.37 Å². The Bertz CT molecular complexity index is 438. The first-order valence-corrected chi connectivity index (χ1v) is 5.23. The highest BCUT2D eigenvalue weighted by molar-refractivity contribution is 5.40. The SMILES string of the molecule is N#CC=C1CCN(c2cc(F)ccn2)CC1. The van der Waals surface area contributed by atoms with E-state index in [0.29, 0.717) is 5.82 Å². The fourth-order valence-corrected chi connectivity index (χ4v) is 1.83. The van der Waals surface area contributed by atoms with Gasteiger partial charge >= 0.3 is 0 Å². The van der Waals surface area contributed by atoms with Gasteiger partial charge in [-0.15, -0.1) is 0 Å². The summed E-state index contributed by atoms with van der Waals surface area (Å²) in [5, 5.41) is 8.54. The van der Waals surface area contributed by atoms with Crippen LogP contribution in [0, 0.1) is 17.1 Å². The molecule has 1 fully saturated rings. The number of rotatable bonds is 1. The van der Waals surface area contributed by atoms with Gasteiger partial charge in [-0.05, 0) is 18.9 Å². The van der Waals surface area contributed by atoms with Crippen molar-refractivity contribution < 1.29 is 4.39 Å². The van der Waals surface area contributed by atoms with Crippen LogP contribution < -0.4 is 4.90 Å². The zero-order valence-electron chi connectivity index (χ0n) is 8.86. The number of nitriles is 1. The highest BCUT2D eigenvalue weighted by Crippen LogP contribution is 2.21. The third-order valence-electron chi connectivity index (χ3n) is 2.71. The summed E-state index contributed by atoms with van der Waals surface area (Å²) in [6.45, 7) is 1.59. The molecule has 1 aliphatic heterocycles. The number of hydrogen-bond acceptors (Lipinski definition) is 3. The summed E-state index contributed by atoms with van der Waals surface area (Å²) in [4.78, 5) is 6.18. The number of pyridine rings is 1. The van der Waals surface area contributed by atoms with E-state index in [1.807, 2.05) is 11.0 Å². The van der Waals surface area contributed by atoms with Gasteiger partial charge in [0.05, 0.1) is 6.07 Å². The Morgan fingerprint density at radius 2 is 2.19 bits per heavy atom. The first-order valence-electron chi connectivity index (χ1n) is 5.23. The summed E-state index contributed by atoms with van der Waals surface area (Å²) < 4.78 is 13.0. The molecule has 1 aromatic heterocycles. The Morgan fingerprint density at radius 1 is 1.44 bits per heavy atom. The molecule has 2 heterocycles. The standard InChI is InChI=1S/C12H12FN3/c13-11-2-6-15-12(9-11)16-7-3-10(1-5-14)4-8-16/h1-2,6,9H,3-4,7-8H2. The van der Waals surface area contributed by atoms with E-state index >= 15 is 0 Å². The third-order valence-corrected chi connectivity index (χ3v) is 2.71. The van der Waals surface area contributed by atoms with Crippen molar-refractivity contribution in [2.24, 2.45) is 0 Å². The van der Waals surface area contributed by atoms with Gasteiger partial charge in [-0.1, -0.05) is 5.57 Å². The number of aromatic nitrogens is 1. The summed E-state index contributed by atoms with van der Waals surface area (Å²) in [5.41, 5.74) is 1.16. The number of nitrogens with zero attached hydrogens (tertiary/aromatic N) is 3. The lowest BCUT2D eigenvalue weighted by molar-refractivity contribution is 0.619. The highest BCUT2D eigenvalue weighted by atomic mass is 19.1. The first-order chi connectivity index (χ1) is 7.79. The average molecular weight is 217 g/mol. The van der Waals surface area contributed by atoms with Crippen molar-refractivity contribution >= 4 is 5.82 Å². The Kier molecular flexibility index (Phi) is 3.16. The normalized spacial score (nSPS) is 15.8. The van der Waals surface area contributed by atoms with Crippen LogP contribution in [-0.4, -0.2) is 18.1 Å². The summed E-state index contributed by atoms with van der Waals surface area (Å²) in [5.74, 6) is 0.416. The van der Waals surface area contributed by atoms with Gasteiger partial charge in [-0.3, -0.25) is 0 Å². The molecule has 0 bridgehead atoms. The zero-order valence-corrected chi connectivity index (χ0v) is 8.86. The second kappa shape index (κ2) is 4.75. The molecule has 0 aromatic carbocycles. The molecule has 0 amide bonds. The molecule has 1 aromatic rings. The van der Waals surface area contributed by atoms with E-state index in [9.17, 15) is 4.39 Å². The van der Waals surface area contributed by atoms with Crippen LogP contribution in [0.25, 0.3) is 0 Å². The van der Waals surface area contributed by atoms with Crippen molar-refractivity contribution in [3.8, 4) is 6.07 Å². The van der Waals surface area contributed by atoms with Gasteiger partial charge < -0.3 is 4.90 Å². The molecule has 0 N–H and O–H groups in total. The van der Waals surface area contributed by atoms with Crippen LogP contribution in [0.2, 0.25) is 0 Å². The molecule has 0 unspecified atom stereocenters. The van der Waals surface area contributed by atoms with Gasteiger partial charge in [0, 0.05) is 31.4 Å². The lowest BCUT2D eigenvalue weighted by Crippen LogP contribution is -2.31. The largest absolute Gasteiger partial charge is 0.356 e. The molecule has 0 radical (unpaired) electrons. The molecule has 16 heavy (non-hydrogen) atoms. The maximum Gasteiger partial charge on any atom is 0.131 e. The van der Waals surface area contributed by atoms with E-state index < -0.39 is 0 Å². The summed E-state index contributed by atoms with van der Waals surface area (Å²) >= 11 is 0. The third kappa shape index (κ3) is 2.37. The number of allylic oxidation sites excluding steroid dienone is 1. The van der Waals surface area contributed by atoms with E-state index in [1.165, 1.54) is 18.3 Å². The Labute approximate surface area is 93.8 Å². The van der Waals surface area contributed by atoms with Crippen LogP contribution in [0.3, 0.4) is 0 Å². The fraction of sp³-hybridized carbons (Fsp3) is 0.333. The van der Waals surface area contributed by atoms with E-state index in [2.05, 4.69) is 4.98 Å². The molecule has 0 atom stereocenters. The van der Waals surface area contributed by atoms with Crippen LogP contribution in [0.1, 0.15) is 12.8 Å². The summed E-state index contributed by atoms with van der Waals surface area (Å²) in [6.07, 6.45) is 4.79. The minimum Gasteiger partial charge on any atom is -0.356 e. The summed E-state index contributed by atoms with van der Waals surface area (Å²) in [6, 6.07) is 4.83. The number of anilines is 1. The van der Waals surface area contributed by atoms with Crippen LogP contribution in [-0.2, 0) is 0 Å². The van der Waals surface area contributed by atoms with Gasteiger partial charge in [0.2, 0.25) is 0 Å². The van der Waals surface area contributed by atoms with Crippen molar-refractivity contribution in [1.82, 2.24) is 4.98 Å². The smallest absolute Gasteiger partial charge is 0.131 e. The Balaban J connectivity index is 2.05. The maximum atomic E-state index is 13.0. The topological polar surface area (TPSA) is 39.9 Å². The fourth-order valence-electron chi connectivity index (χ4n) is 1.83. The zero-order chi connectivity index (χ0) is 11.4. The van der Waals surface area contributed by atoms with E-state index in [1.54, 1.807) is 6.08 Å². The molecule has 0 saturated carbocycles. The molecular formula is C12H12FN3. The minimum absolute atomic E-state index is 0.261. The first kappa shape index (κ1) is 10.6. The molecule has 4 heteroatoms. The molecule has 82 valence electrons.